The zero-order valence-corrected chi connectivity index (χ0v) is 9.63. The van der Waals surface area contributed by atoms with E-state index in [1.807, 2.05) is 18.2 Å². The van der Waals surface area contributed by atoms with Crippen LogP contribution in [-0.2, 0) is 0 Å². The topological polar surface area (TPSA) is 48.4 Å². The summed E-state index contributed by atoms with van der Waals surface area (Å²) in [5.74, 6) is 0. The van der Waals surface area contributed by atoms with Gasteiger partial charge in [-0.15, -0.1) is 0 Å². The molecule has 1 aromatic carbocycles. The van der Waals surface area contributed by atoms with Gasteiger partial charge < -0.3 is 10.2 Å². The van der Waals surface area contributed by atoms with Crippen molar-refractivity contribution in [1.29, 1.82) is 0 Å². The third-order valence-electron chi connectivity index (χ3n) is 2.16. The molecule has 0 saturated carbocycles. The van der Waals surface area contributed by atoms with Crippen LogP contribution in [0, 0.1) is 0 Å². The van der Waals surface area contributed by atoms with E-state index in [9.17, 15) is 0 Å². The first-order valence-corrected chi connectivity index (χ1v) is 5.28. The minimum Gasteiger partial charge on any atom is -0.411 e. The first-order chi connectivity index (χ1) is 7.72. The van der Waals surface area contributed by atoms with Gasteiger partial charge in [0, 0.05) is 17.3 Å². The Morgan fingerprint density at radius 2 is 2.12 bits per heavy atom. The van der Waals surface area contributed by atoms with E-state index in [0.717, 1.165) is 11.1 Å². The maximum atomic E-state index is 8.40. The third kappa shape index (κ3) is 2.05. The highest BCUT2D eigenvalue weighted by Crippen LogP contribution is 2.33. The average Bonchev–Trinajstić information content (AvgIpc) is 2.71. The number of nitrogens with one attached hydrogen (secondary N) is 1. The Balaban J connectivity index is 2.46. The Morgan fingerprint density at radius 3 is 2.88 bits per heavy atom. The molecule has 0 radical (unpaired) electrons. The molecule has 0 atom stereocenters. The molecule has 2 aromatic rings. The van der Waals surface area contributed by atoms with Crippen LogP contribution in [0.25, 0.3) is 11.1 Å². The van der Waals surface area contributed by atoms with E-state index in [4.69, 9.17) is 28.4 Å². The fraction of sp³-hybridized carbons (Fsp3) is 0. The zero-order chi connectivity index (χ0) is 11.5. The fourth-order valence-corrected chi connectivity index (χ4v) is 1.84. The summed E-state index contributed by atoms with van der Waals surface area (Å²) in [4.78, 5) is 2.94. The van der Waals surface area contributed by atoms with Gasteiger partial charge >= 0.3 is 0 Å². The molecule has 0 amide bonds. The summed E-state index contributed by atoms with van der Waals surface area (Å²) >= 11 is 12.0. The lowest BCUT2D eigenvalue weighted by Crippen LogP contribution is -1.78. The van der Waals surface area contributed by atoms with Gasteiger partial charge in [0.1, 0.15) is 0 Å². The third-order valence-corrected chi connectivity index (χ3v) is 2.98. The van der Waals surface area contributed by atoms with Gasteiger partial charge in [-0.2, -0.15) is 0 Å². The second-order valence-electron chi connectivity index (χ2n) is 3.19. The first-order valence-electron chi connectivity index (χ1n) is 4.52. The molecule has 0 aliphatic carbocycles. The molecule has 0 aliphatic heterocycles. The van der Waals surface area contributed by atoms with E-state index < -0.39 is 0 Å². The Hall–Kier alpha value is -1.45. The second-order valence-corrected chi connectivity index (χ2v) is 3.97. The molecular formula is C11H8Cl2N2O. The van der Waals surface area contributed by atoms with Crippen LogP contribution in [0.4, 0.5) is 0 Å². The Labute approximate surface area is 102 Å². The Morgan fingerprint density at radius 1 is 1.31 bits per heavy atom. The molecule has 5 heteroatoms. The van der Waals surface area contributed by atoms with E-state index in [0.29, 0.717) is 15.7 Å². The molecule has 1 aromatic heterocycles. The molecular weight excluding hydrogens is 247 g/mol. The molecule has 1 heterocycles. The SMILES string of the molecule is ON=Cc1cc(-c2cccc(Cl)c2Cl)c[nH]1. The summed E-state index contributed by atoms with van der Waals surface area (Å²) in [5, 5.41) is 12.4. The minimum atomic E-state index is 0.510. The monoisotopic (exact) mass is 254 g/mol. The average molecular weight is 255 g/mol. The molecule has 0 unspecified atom stereocenters. The molecule has 82 valence electrons. The van der Waals surface area contributed by atoms with Gasteiger partial charge in [0.2, 0.25) is 0 Å². The number of rotatable bonds is 2. The number of aromatic nitrogens is 1. The van der Waals surface area contributed by atoms with Gasteiger partial charge in [-0.05, 0) is 12.1 Å². The van der Waals surface area contributed by atoms with E-state index in [2.05, 4.69) is 10.1 Å². The van der Waals surface area contributed by atoms with Crippen molar-refractivity contribution >= 4 is 29.4 Å². The number of nitrogens with zero attached hydrogens (tertiary/aromatic N) is 1. The number of aromatic amines is 1. The molecule has 0 saturated heterocycles. The summed E-state index contributed by atoms with van der Waals surface area (Å²) < 4.78 is 0. The molecule has 0 bridgehead atoms. The van der Waals surface area contributed by atoms with Gasteiger partial charge in [-0.25, -0.2) is 0 Å². The van der Waals surface area contributed by atoms with Crippen molar-refractivity contribution in [3.8, 4) is 11.1 Å². The first kappa shape index (κ1) is 11.0. The van der Waals surface area contributed by atoms with Crippen molar-refractivity contribution in [1.82, 2.24) is 4.98 Å². The lowest BCUT2D eigenvalue weighted by Gasteiger charge is -2.02. The van der Waals surface area contributed by atoms with Crippen molar-refractivity contribution in [3.05, 3.63) is 46.2 Å². The molecule has 0 aliphatic rings. The number of halogens is 2. The van der Waals surface area contributed by atoms with Crippen molar-refractivity contribution in [3.63, 3.8) is 0 Å². The van der Waals surface area contributed by atoms with Crippen LogP contribution in [-0.4, -0.2) is 16.4 Å². The van der Waals surface area contributed by atoms with Crippen LogP contribution in [0.5, 0.6) is 0 Å². The largest absolute Gasteiger partial charge is 0.411 e. The summed E-state index contributed by atoms with van der Waals surface area (Å²) in [6.07, 6.45) is 3.08. The quantitative estimate of drug-likeness (QED) is 0.478. The number of oxime groups is 1. The van der Waals surface area contributed by atoms with Crippen molar-refractivity contribution < 1.29 is 5.21 Å². The second kappa shape index (κ2) is 4.60. The highest BCUT2D eigenvalue weighted by Gasteiger charge is 2.07. The van der Waals surface area contributed by atoms with Gasteiger partial charge in [0.05, 0.1) is 22.0 Å². The van der Waals surface area contributed by atoms with Crippen LogP contribution in [0.1, 0.15) is 5.69 Å². The summed E-state index contributed by atoms with van der Waals surface area (Å²) in [6.45, 7) is 0. The number of hydrogen-bond donors (Lipinski definition) is 2. The van der Waals surface area contributed by atoms with E-state index >= 15 is 0 Å². The van der Waals surface area contributed by atoms with Gasteiger partial charge in [0.15, 0.2) is 0 Å². The molecule has 2 N–H and O–H groups in total. The van der Waals surface area contributed by atoms with Gasteiger partial charge in [-0.1, -0.05) is 40.5 Å². The highest BCUT2D eigenvalue weighted by molar-refractivity contribution is 6.43. The fourth-order valence-electron chi connectivity index (χ4n) is 1.43. The molecule has 0 spiro atoms. The minimum absolute atomic E-state index is 0.510. The Kier molecular flexibility index (Phi) is 3.17. The lowest BCUT2D eigenvalue weighted by atomic mass is 10.1. The number of H-pyrrole nitrogens is 1. The van der Waals surface area contributed by atoms with Crippen LogP contribution in [0.15, 0.2) is 35.6 Å². The molecule has 16 heavy (non-hydrogen) atoms. The Bertz CT molecular complexity index is 535. The lowest BCUT2D eigenvalue weighted by molar-refractivity contribution is 0.321. The summed E-state index contributed by atoms with van der Waals surface area (Å²) in [5.41, 5.74) is 2.42. The van der Waals surface area contributed by atoms with Gasteiger partial charge in [0.25, 0.3) is 0 Å². The smallest absolute Gasteiger partial charge is 0.0896 e. The predicted octanol–water partition coefficient (Wildman–Crippen LogP) is 3.80. The maximum Gasteiger partial charge on any atom is 0.0896 e. The predicted molar refractivity (Wildman–Crippen MR) is 65.6 cm³/mol. The van der Waals surface area contributed by atoms with Crippen molar-refractivity contribution in [2.75, 3.05) is 0 Å². The van der Waals surface area contributed by atoms with Crippen LogP contribution in [0.2, 0.25) is 10.0 Å². The van der Waals surface area contributed by atoms with Crippen molar-refractivity contribution in [2.45, 2.75) is 0 Å². The van der Waals surface area contributed by atoms with E-state index in [1.54, 1.807) is 12.3 Å². The van der Waals surface area contributed by atoms with Crippen LogP contribution in [0.3, 0.4) is 0 Å². The zero-order valence-electron chi connectivity index (χ0n) is 8.11. The molecule has 2 rings (SSSR count). The highest BCUT2D eigenvalue weighted by atomic mass is 35.5. The number of hydrogen-bond acceptors (Lipinski definition) is 2. The molecule has 3 nitrogen and oxygen atoms in total. The van der Waals surface area contributed by atoms with Crippen molar-refractivity contribution in [2.24, 2.45) is 5.16 Å². The standard InChI is InChI=1S/C11H8Cl2N2O/c12-10-3-1-2-9(11(10)13)7-4-8(6-15-16)14-5-7/h1-6,14,16H. The summed E-state index contributed by atoms with van der Waals surface area (Å²) in [6, 6.07) is 7.25. The normalized spacial score (nSPS) is 11.1. The molecule has 0 fully saturated rings. The van der Waals surface area contributed by atoms with E-state index in [-0.39, 0.29) is 0 Å². The van der Waals surface area contributed by atoms with Crippen LogP contribution < -0.4 is 0 Å². The van der Waals surface area contributed by atoms with Gasteiger partial charge in [-0.3, -0.25) is 0 Å². The number of benzene rings is 1. The van der Waals surface area contributed by atoms with Crippen LogP contribution >= 0.6 is 23.2 Å². The maximum absolute atomic E-state index is 8.40. The van der Waals surface area contributed by atoms with E-state index in [1.165, 1.54) is 6.21 Å². The summed E-state index contributed by atoms with van der Waals surface area (Å²) in [7, 11) is 0.